The predicted molar refractivity (Wildman–Crippen MR) is 147 cm³/mol. The summed E-state index contributed by atoms with van der Waals surface area (Å²) in [5, 5.41) is 11.6. The number of hydrogen-bond acceptors (Lipinski definition) is 5. The van der Waals surface area contributed by atoms with Crippen LogP contribution in [-0.2, 0) is 23.0 Å². The van der Waals surface area contributed by atoms with Crippen LogP contribution in [0, 0.1) is 22.0 Å². The molecule has 0 amide bonds. The first-order valence-corrected chi connectivity index (χ1v) is 14.8. The van der Waals surface area contributed by atoms with Gasteiger partial charge in [-0.2, -0.15) is 4.31 Å². The summed E-state index contributed by atoms with van der Waals surface area (Å²) < 4.78 is 30.2. The van der Waals surface area contributed by atoms with Crippen molar-refractivity contribution in [3.63, 3.8) is 0 Å². The van der Waals surface area contributed by atoms with Crippen molar-refractivity contribution in [1.82, 2.24) is 9.21 Å². The molecule has 194 valence electrons. The van der Waals surface area contributed by atoms with Crippen molar-refractivity contribution >= 4 is 31.6 Å². The highest BCUT2D eigenvalue weighted by molar-refractivity contribution is 9.10. The molecule has 2 atom stereocenters. The molecule has 2 unspecified atom stereocenters. The van der Waals surface area contributed by atoms with Gasteiger partial charge in [-0.15, -0.1) is 0 Å². The molecule has 5 rings (SSSR count). The van der Waals surface area contributed by atoms with Gasteiger partial charge < -0.3 is 0 Å². The first-order chi connectivity index (χ1) is 17.8. The van der Waals surface area contributed by atoms with Crippen molar-refractivity contribution in [2.24, 2.45) is 11.8 Å². The number of sulfonamides is 1. The Morgan fingerprint density at radius 3 is 2.27 bits per heavy atom. The van der Waals surface area contributed by atoms with Gasteiger partial charge in [0.25, 0.3) is 5.69 Å². The van der Waals surface area contributed by atoms with Gasteiger partial charge >= 0.3 is 0 Å². The minimum Gasteiger partial charge on any atom is -0.298 e. The Bertz CT molecular complexity index is 1360. The van der Waals surface area contributed by atoms with Gasteiger partial charge in [-0.05, 0) is 54.4 Å². The summed E-state index contributed by atoms with van der Waals surface area (Å²) >= 11 is 3.68. The van der Waals surface area contributed by atoms with Crippen molar-refractivity contribution in [2.75, 3.05) is 19.6 Å². The summed E-state index contributed by atoms with van der Waals surface area (Å²) in [7, 11) is -4.02. The summed E-state index contributed by atoms with van der Waals surface area (Å²) in [6.45, 7) is 2.81. The third kappa shape index (κ3) is 5.95. The standard InChI is InChI=1S/C28H30BrN3O4S/c29-26-11-5-4-10-22(26)16-23-18-30(17-21-8-2-1-3-9-21)19-24(23)20-31(25-14-15-25)37(35,36)28-13-7-6-12-27(28)32(33)34/h1-13,23-25H,14-20H2. The lowest BCUT2D eigenvalue weighted by atomic mass is 9.89. The lowest BCUT2D eigenvalue weighted by Crippen LogP contribution is -2.39. The Morgan fingerprint density at radius 2 is 1.57 bits per heavy atom. The fourth-order valence-electron chi connectivity index (χ4n) is 5.38. The predicted octanol–water partition coefficient (Wildman–Crippen LogP) is 5.50. The lowest BCUT2D eigenvalue weighted by Gasteiger charge is -2.28. The number of hydrogen-bond donors (Lipinski definition) is 0. The highest BCUT2D eigenvalue weighted by Crippen LogP contribution is 2.38. The van der Waals surface area contributed by atoms with Gasteiger partial charge in [0.2, 0.25) is 10.0 Å². The van der Waals surface area contributed by atoms with E-state index < -0.39 is 14.9 Å². The molecule has 0 radical (unpaired) electrons. The van der Waals surface area contributed by atoms with Crippen LogP contribution in [0.2, 0.25) is 0 Å². The molecule has 0 bridgehead atoms. The number of benzene rings is 3. The summed E-state index contributed by atoms with van der Waals surface area (Å²) in [4.78, 5) is 13.2. The molecule has 2 aliphatic rings. The van der Waals surface area contributed by atoms with Crippen molar-refractivity contribution < 1.29 is 13.3 Å². The van der Waals surface area contributed by atoms with E-state index in [0.29, 0.717) is 6.54 Å². The molecule has 1 heterocycles. The SMILES string of the molecule is O=[N+]([O-])c1ccccc1S(=O)(=O)N(CC1CN(Cc2ccccc2)CC1Cc1ccccc1Br)C1CC1. The molecule has 0 N–H and O–H groups in total. The van der Waals surface area contributed by atoms with Crippen molar-refractivity contribution in [3.8, 4) is 0 Å². The third-order valence-electron chi connectivity index (χ3n) is 7.36. The molecule has 3 aromatic rings. The van der Waals surface area contributed by atoms with E-state index in [1.54, 1.807) is 10.4 Å². The molecule has 2 fully saturated rings. The van der Waals surface area contributed by atoms with Crippen molar-refractivity contribution in [2.45, 2.75) is 36.7 Å². The Labute approximate surface area is 226 Å². The second-order valence-electron chi connectivity index (χ2n) is 10.0. The second kappa shape index (κ2) is 11.0. The van der Waals surface area contributed by atoms with Crippen LogP contribution in [0.4, 0.5) is 5.69 Å². The Hall–Kier alpha value is -2.59. The van der Waals surface area contributed by atoms with Gasteiger partial charge in [0.15, 0.2) is 4.90 Å². The van der Waals surface area contributed by atoms with Crippen LogP contribution in [0.15, 0.2) is 88.2 Å². The van der Waals surface area contributed by atoms with Crippen LogP contribution in [-0.4, -0.2) is 48.2 Å². The first kappa shape index (κ1) is 26.0. The lowest BCUT2D eigenvalue weighted by molar-refractivity contribution is -0.387. The molecule has 3 aromatic carbocycles. The fraction of sp³-hybridized carbons (Fsp3) is 0.357. The molecule has 7 nitrogen and oxygen atoms in total. The molecular weight excluding hydrogens is 554 g/mol. The van der Waals surface area contributed by atoms with E-state index in [-0.39, 0.29) is 28.5 Å². The number of likely N-dealkylation sites (tertiary alicyclic amines) is 1. The largest absolute Gasteiger partial charge is 0.298 e. The third-order valence-corrected chi connectivity index (χ3v) is 10.1. The van der Waals surface area contributed by atoms with Crippen LogP contribution < -0.4 is 0 Å². The molecule has 1 saturated heterocycles. The number of nitro benzene ring substituents is 1. The monoisotopic (exact) mass is 583 g/mol. The number of nitrogens with zero attached hydrogens (tertiary/aromatic N) is 3. The average Bonchev–Trinajstić information content (AvgIpc) is 3.66. The van der Waals surface area contributed by atoms with E-state index >= 15 is 0 Å². The van der Waals surface area contributed by atoms with Crippen LogP contribution in [0.1, 0.15) is 24.0 Å². The van der Waals surface area contributed by atoms with E-state index in [9.17, 15) is 18.5 Å². The van der Waals surface area contributed by atoms with Gasteiger partial charge in [0.05, 0.1) is 4.92 Å². The maximum absolute atomic E-state index is 13.8. The van der Waals surface area contributed by atoms with Crippen LogP contribution >= 0.6 is 15.9 Å². The van der Waals surface area contributed by atoms with E-state index in [1.807, 2.05) is 36.4 Å². The van der Waals surface area contributed by atoms with Crippen LogP contribution in [0.25, 0.3) is 0 Å². The van der Waals surface area contributed by atoms with Gasteiger partial charge in [0.1, 0.15) is 0 Å². The topological polar surface area (TPSA) is 83.8 Å². The van der Waals surface area contributed by atoms with Crippen molar-refractivity contribution in [3.05, 3.63) is 105 Å². The van der Waals surface area contributed by atoms with Gasteiger partial charge in [-0.1, -0.05) is 76.6 Å². The Morgan fingerprint density at radius 1 is 0.919 bits per heavy atom. The molecule has 1 aliphatic heterocycles. The number of rotatable bonds is 10. The zero-order chi connectivity index (χ0) is 26.0. The molecule has 1 saturated carbocycles. The average molecular weight is 585 g/mol. The molecule has 0 aromatic heterocycles. The smallest absolute Gasteiger partial charge is 0.289 e. The van der Waals surface area contributed by atoms with Gasteiger partial charge in [-0.25, -0.2) is 8.42 Å². The van der Waals surface area contributed by atoms with E-state index in [2.05, 4.69) is 39.0 Å². The molecule has 1 aliphatic carbocycles. The summed E-state index contributed by atoms with van der Waals surface area (Å²) in [6.07, 6.45) is 2.41. The quantitative estimate of drug-likeness (QED) is 0.232. The number of halogens is 1. The highest BCUT2D eigenvalue weighted by atomic mass is 79.9. The number of para-hydroxylation sites is 1. The van der Waals surface area contributed by atoms with Gasteiger partial charge in [0, 0.05) is 42.8 Å². The summed E-state index contributed by atoms with van der Waals surface area (Å²) in [5.74, 6) is 0.360. The van der Waals surface area contributed by atoms with E-state index in [1.165, 1.54) is 29.3 Å². The first-order valence-electron chi connectivity index (χ1n) is 12.6. The second-order valence-corrected chi connectivity index (χ2v) is 12.7. The van der Waals surface area contributed by atoms with Crippen LogP contribution in [0.3, 0.4) is 0 Å². The van der Waals surface area contributed by atoms with E-state index in [4.69, 9.17) is 0 Å². The van der Waals surface area contributed by atoms with Gasteiger partial charge in [-0.3, -0.25) is 15.0 Å². The summed E-state index contributed by atoms with van der Waals surface area (Å²) in [5.41, 5.74) is 2.07. The molecular formula is C28H30BrN3O4S. The Kier molecular flexibility index (Phi) is 7.76. The molecule has 37 heavy (non-hydrogen) atoms. The fourth-order valence-corrected chi connectivity index (χ4v) is 7.73. The molecule has 9 heteroatoms. The maximum Gasteiger partial charge on any atom is 0.289 e. The Balaban J connectivity index is 1.43. The highest BCUT2D eigenvalue weighted by Gasteiger charge is 2.44. The zero-order valence-electron chi connectivity index (χ0n) is 20.4. The molecule has 0 spiro atoms. The summed E-state index contributed by atoms with van der Waals surface area (Å²) in [6, 6.07) is 24.1. The zero-order valence-corrected chi connectivity index (χ0v) is 22.9. The van der Waals surface area contributed by atoms with E-state index in [0.717, 1.165) is 43.4 Å². The van der Waals surface area contributed by atoms with Crippen LogP contribution in [0.5, 0.6) is 0 Å². The number of nitro groups is 1. The normalized spacial score (nSPS) is 20.4. The van der Waals surface area contributed by atoms with Crippen molar-refractivity contribution in [1.29, 1.82) is 0 Å². The maximum atomic E-state index is 13.8. The minimum absolute atomic E-state index is 0.0999. The minimum atomic E-state index is -4.02.